The number of rotatable bonds is 4. The topological polar surface area (TPSA) is 119 Å². The van der Waals surface area contributed by atoms with Crippen LogP contribution in [0.25, 0.3) is 0 Å². The number of hydrogen-bond donors (Lipinski definition) is 1. The van der Waals surface area contributed by atoms with Gasteiger partial charge in [0.15, 0.2) is 0 Å². The monoisotopic (exact) mass is 343 g/mol. The van der Waals surface area contributed by atoms with Crippen LogP contribution in [0.4, 0.5) is 10.5 Å². The third-order valence-electron chi connectivity index (χ3n) is 3.63. The maximum absolute atomic E-state index is 12.5. The zero-order valence-corrected chi connectivity index (χ0v) is 13.3. The summed E-state index contributed by atoms with van der Waals surface area (Å²) in [5.41, 5.74) is -0.270. The van der Waals surface area contributed by atoms with E-state index in [1.54, 1.807) is 0 Å². The van der Waals surface area contributed by atoms with Gasteiger partial charge in [-0.2, -0.15) is 4.31 Å². The van der Waals surface area contributed by atoms with Crippen LogP contribution >= 0.6 is 0 Å². The molecule has 1 aliphatic rings. The molecule has 1 N–H and O–H groups in total. The predicted octanol–water partition coefficient (Wildman–Crippen LogP) is 1.10. The Morgan fingerprint density at radius 3 is 2.61 bits per heavy atom. The van der Waals surface area contributed by atoms with Gasteiger partial charge in [-0.05, 0) is 18.9 Å². The van der Waals surface area contributed by atoms with Crippen molar-refractivity contribution in [3.05, 3.63) is 34.4 Å². The highest BCUT2D eigenvalue weighted by atomic mass is 32.2. The Labute approximate surface area is 133 Å². The SMILES string of the molecule is COC(=O)NC1CCN(S(=O)(=O)c2cccc([N+](=O)[O-])c2)CC1. The van der Waals surface area contributed by atoms with E-state index < -0.39 is 21.0 Å². The molecular formula is C13H17N3O6S. The summed E-state index contributed by atoms with van der Waals surface area (Å²) in [4.78, 5) is 21.2. The van der Waals surface area contributed by atoms with Crippen LogP contribution in [-0.2, 0) is 14.8 Å². The predicted molar refractivity (Wildman–Crippen MR) is 80.4 cm³/mol. The number of hydrogen-bond acceptors (Lipinski definition) is 6. The number of nitrogens with one attached hydrogen (secondary N) is 1. The van der Waals surface area contributed by atoms with Gasteiger partial charge in [-0.3, -0.25) is 10.1 Å². The van der Waals surface area contributed by atoms with Crippen LogP contribution < -0.4 is 5.32 Å². The molecule has 0 radical (unpaired) electrons. The van der Waals surface area contributed by atoms with E-state index in [4.69, 9.17) is 0 Å². The van der Waals surface area contributed by atoms with Gasteiger partial charge >= 0.3 is 6.09 Å². The van der Waals surface area contributed by atoms with E-state index in [0.717, 1.165) is 6.07 Å². The van der Waals surface area contributed by atoms with Gasteiger partial charge in [0.25, 0.3) is 5.69 Å². The molecule has 0 aliphatic carbocycles. The Morgan fingerprint density at radius 1 is 1.39 bits per heavy atom. The second-order valence-corrected chi connectivity index (χ2v) is 7.01. The van der Waals surface area contributed by atoms with Crippen molar-refractivity contribution in [3.63, 3.8) is 0 Å². The number of alkyl carbamates (subject to hydrolysis) is 1. The van der Waals surface area contributed by atoms with Crippen molar-refractivity contribution in [2.75, 3.05) is 20.2 Å². The molecule has 23 heavy (non-hydrogen) atoms. The lowest BCUT2D eigenvalue weighted by atomic mass is 10.1. The highest BCUT2D eigenvalue weighted by molar-refractivity contribution is 7.89. The second kappa shape index (κ2) is 6.92. The number of amides is 1. The van der Waals surface area contributed by atoms with Gasteiger partial charge in [-0.25, -0.2) is 13.2 Å². The molecule has 0 aromatic heterocycles. The Bertz CT molecular complexity index is 697. The number of benzene rings is 1. The fourth-order valence-electron chi connectivity index (χ4n) is 2.37. The normalized spacial score (nSPS) is 16.7. The van der Waals surface area contributed by atoms with Crippen LogP contribution in [0.5, 0.6) is 0 Å². The number of nitro benzene ring substituents is 1. The van der Waals surface area contributed by atoms with E-state index in [2.05, 4.69) is 10.1 Å². The fraction of sp³-hybridized carbons (Fsp3) is 0.462. The molecule has 1 aromatic rings. The third-order valence-corrected chi connectivity index (χ3v) is 5.52. The number of nitrogens with zero attached hydrogens (tertiary/aromatic N) is 2. The number of ether oxygens (including phenoxy) is 1. The average Bonchev–Trinajstić information content (AvgIpc) is 2.55. The summed E-state index contributed by atoms with van der Waals surface area (Å²) in [6.07, 6.45) is 0.344. The lowest BCUT2D eigenvalue weighted by Gasteiger charge is -2.31. The number of piperidine rings is 1. The summed E-state index contributed by atoms with van der Waals surface area (Å²) in [6, 6.07) is 4.82. The Morgan fingerprint density at radius 2 is 2.04 bits per heavy atom. The van der Waals surface area contributed by atoms with Gasteiger partial charge in [-0.1, -0.05) is 6.07 Å². The molecule has 126 valence electrons. The van der Waals surface area contributed by atoms with E-state index in [9.17, 15) is 23.3 Å². The van der Waals surface area contributed by atoms with Crippen molar-refractivity contribution in [2.45, 2.75) is 23.8 Å². The number of carbonyl (C=O) groups excluding carboxylic acids is 1. The maximum Gasteiger partial charge on any atom is 0.407 e. The van der Waals surface area contributed by atoms with Gasteiger partial charge in [0.05, 0.1) is 16.9 Å². The Balaban J connectivity index is 2.09. The first-order chi connectivity index (χ1) is 10.8. The van der Waals surface area contributed by atoms with Gasteiger partial charge in [0.1, 0.15) is 0 Å². The van der Waals surface area contributed by atoms with Gasteiger partial charge in [0.2, 0.25) is 10.0 Å². The molecule has 0 spiro atoms. The molecule has 1 aliphatic heterocycles. The zero-order valence-electron chi connectivity index (χ0n) is 12.5. The van der Waals surface area contributed by atoms with E-state index in [1.165, 1.54) is 29.6 Å². The number of non-ortho nitro benzene ring substituents is 1. The molecular weight excluding hydrogens is 326 g/mol. The molecule has 2 rings (SSSR count). The smallest absolute Gasteiger partial charge is 0.407 e. The minimum Gasteiger partial charge on any atom is -0.453 e. The lowest BCUT2D eigenvalue weighted by molar-refractivity contribution is -0.385. The van der Waals surface area contributed by atoms with Crippen molar-refractivity contribution in [1.82, 2.24) is 9.62 Å². The van der Waals surface area contributed by atoms with Gasteiger partial charge < -0.3 is 10.1 Å². The summed E-state index contributed by atoms with van der Waals surface area (Å²) < 4.78 is 30.8. The van der Waals surface area contributed by atoms with E-state index >= 15 is 0 Å². The molecule has 10 heteroatoms. The summed E-state index contributed by atoms with van der Waals surface area (Å²) in [7, 11) is -2.53. The lowest BCUT2D eigenvalue weighted by Crippen LogP contribution is -2.46. The van der Waals surface area contributed by atoms with Crippen LogP contribution in [0.1, 0.15) is 12.8 Å². The largest absolute Gasteiger partial charge is 0.453 e. The number of methoxy groups -OCH3 is 1. The summed E-state index contributed by atoms with van der Waals surface area (Å²) >= 11 is 0. The van der Waals surface area contributed by atoms with E-state index in [0.29, 0.717) is 12.8 Å². The van der Waals surface area contributed by atoms with E-state index in [1.807, 2.05) is 0 Å². The minimum atomic E-state index is -3.79. The molecule has 1 saturated heterocycles. The first-order valence-corrected chi connectivity index (χ1v) is 8.37. The van der Waals surface area contributed by atoms with Crippen LogP contribution in [0.15, 0.2) is 29.2 Å². The summed E-state index contributed by atoms with van der Waals surface area (Å²) in [5.74, 6) is 0. The molecule has 9 nitrogen and oxygen atoms in total. The highest BCUT2D eigenvalue weighted by Crippen LogP contribution is 2.23. The first kappa shape index (κ1) is 17.2. The molecule has 1 amide bonds. The van der Waals surface area contributed by atoms with Crippen molar-refractivity contribution < 1.29 is 22.9 Å². The van der Waals surface area contributed by atoms with Gasteiger partial charge in [0, 0.05) is 31.3 Å². The Hall–Kier alpha value is -2.20. The van der Waals surface area contributed by atoms with Gasteiger partial charge in [-0.15, -0.1) is 0 Å². The number of carbonyl (C=O) groups is 1. The van der Waals surface area contributed by atoms with Crippen molar-refractivity contribution in [3.8, 4) is 0 Å². The maximum atomic E-state index is 12.5. The molecule has 0 bridgehead atoms. The second-order valence-electron chi connectivity index (χ2n) is 5.07. The third kappa shape index (κ3) is 3.96. The van der Waals surface area contributed by atoms with Crippen LogP contribution in [0, 0.1) is 10.1 Å². The number of nitro groups is 1. The standard InChI is InChI=1S/C13H17N3O6S/c1-22-13(17)14-10-5-7-15(8-6-10)23(20,21)12-4-2-3-11(9-12)16(18)19/h2-4,9-10H,5-8H2,1H3,(H,14,17). The average molecular weight is 343 g/mol. The molecule has 1 fully saturated rings. The van der Waals surface area contributed by atoms with Crippen LogP contribution in [0.2, 0.25) is 0 Å². The quantitative estimate of drug-likeness (QED) is 0.646. The Kier molecular flexibility index (Phi) is 5.16. The fourth-order valence-corrected chi connectivity index (χ4v) is 3.88. The molecule has 0 saturated carbocycles. The van der Waals surface area contributed by atoms with Crippen molar-refractivity contribution >= 4 is 21.8 Å². The van der Waals surface area contributed by atoms with Crippen molar-refractivity contribution in [1.29, 1.82) is 0 Å². The summed E-state index contributed by atoms with van der Waals surface area (Å²) in [6.45, 7) is 0.444. The molecule has 0 unspecified atom stereocenters. The van der Waals surface area contributed by atoms with Crippen LogP contribution in [-0.4, -0.2) is 50.0 Å². The minimum absolute atomic E-state index is 0.105. The van der Waals surface area contributed by atoms with Crippen molar-refractivity contribution in [2.24, 2.45) is 0 Å². The molecule has 1 heterocycles. The number of sulfonamides is 1. The summed E-state index contributed by atoms with van der Waals surface area (Å²) in [5, 5.41) is 13.4. The molecule has 0 atom stereocenters. The van der Waals surface area contributed by atoms with Crippen LogP contribution in [0.3, 0.4) is 0 Å². The zero-order chi connectivity index (χ0) is 17.0. The molecule has 1 aromatic carbocycles. The highest BCUT2D eigenvalue weighted by Gasteiger charge is 2.30. The first-order valence-electron chi connectivity index (χ1n) is 6.93. The van der Waals surface area contributed by atoms with E-state index in [-0.39, 0.29) is 29.7 Å².